The van der Waals surface area contributed by atoms with E-state index < -0.39 is 6.10 Å². The van der Waals surface area contributed by atoms with Crippen LogP contribution >= 0.6 is 35.6 Å². The fraction of sp³-hybridized carbons (Fsp3) is 0.294. The number of nitrogens with zero attached hydrogens (tertiary/aromatic N) is 1. The van der Waals surface area contributed by atoms with Crippen molar-refractivity contribution in [2.24, 2.45) is 0 Å². The number of halogens is 3. The number of hydrogen-bond donors (Lipinski definition) is 1. The van der Waals surface area contributed by atoms with Crippen LogP contribution in [0, 0.1) is 0 Å². The molecule has 0 aliphatic carbocycles. The minimum Gasteiger partial charge on any atom is -0.485 e. The third kappa shape index (κ3) is 4.52. The van der Waals surface area contributed by atoms with Gasteiger partial charge >= 0.3 is 0 Å². The van der Waals surface area contributed by atoms with Gasteiger partial charge in [0.15, 0.2) is 0 Å². The first-order valence-corrected chi connectivity index (χ1v) is 7.94. The fourth-order valence-corrected chi connectivity index (χ4v) is 2.99. The van der Waals surface area contributed by atoms with E-state index in [0.717, 1.165) is 6.54 Å². The number of rotatable bonds is 4. The molecule has 2 aromatic carbocycles. The summed E-state index contributed by atoms with van der Waals surface area (Å²) in [4.78, 5) is 2.17. The first kappa shape index (κ1) is 18.4. The number of aliphatic hydroxyl groups excluding tert-OH is 1. The highest BCUT2D eigenvalue weighted by Gasteiger charge is 2.33. The molecule has 1 heterocycles. The third-order valence-electron chi connectivity index (χ3n) is 3.76. The summed E-state index contributed by atoms with van der Waals surface area (Å²) < 4.78 is 5.86. The predicted octanol–water partition coefficient (Wildman–Crippen LogP) is 4.04. The van der Waals surface area contributed by atoms with Crippen molar-refractivity contribution in [3.8, 4) is 5.75 Å². The van der Waals surface area contributed by atoms with Gasteiger partial charge in [0.25, 0.3) is 0 Å². The summed E-state index contributed by atoms with van der Waals surface area (Å²) in [6.07, 6.45) is -0.849. The first-order chi connectivity index (χ1) is 10.6. The average Bonchev–Trinajstić information content (AvgIpc) is 2.85. The summed E-state index contributed by atoms with van der Waals surface area (Å²) in [5.74, 6) is 0.514. The first-order valence-electron chi connectivity index (χ1n) is 7.18. The molecule has 1 N–H and O–H groups in total. The molecular formula is C17H18Cl3NO2. The Morgan fingerprint density at radius 2 is 1.78 bits per heavy atom. The second-order valence-electron chi connectivity index (χ2n) is 5.46. The number of benzene rings is 2. The van der Waals surface area contributed by atoms with E-state index >= 15 is 0 Å². The molecule has 6 heteroatoms. The minimum absolute atomic E-state index is 0. The van der Waals surface area contributed by atoms with E-state index in [0.29, 0.717) is 28.9 Å². The van der Waals surface area contributed by atoms with E-state index in [1.165, 1.54) is 5.56 Å². The van der Waals surface area contributed by atoms with Crippen LogP contribution in [0.15, 0.2) is 48.5 Å². The van der Waals surface area contributed by atoms with Gasteiger partial charge in [-0.25, -0.2) is 0 Å². The van der Waals surface area contributed by atoms with Gasteiger partial charge in [-0.1, -0.05) is 59.6 Å². The lowest BCUT2D eigenvalue weighted by molar-refractivity contribution is 0.0737. The Morgan fingerprint density at radius 1 is 1.04 bits per heavy atom. The summed E-state index contributed by atoms with van der Waals surface area (Å²) >= 11 is 12.1. The normalized spacial score (nSPS) is 21.0. The zero-order chi connectivity index (χ0) is 15.5. The molecule has 3 nitrogen and oxygen atoms in total. The molecule has 0 radical (unpaired) electrons. The van der Waals surface area contributed by atoms with E-state index in [2.05, 4.69) is 17.0 Å². The highest BCUT2D eigenvalue weighted by atomic mass is 35.5. The maximum Gasteiger partial charge on any atom is 0.140 e. The van der Waals surface area contributed by atoms with Crippen LogP contribution in [0.1, 0.15) is 5.56 Å². The van der Waals surface area contributed by atoms with Crippen LogP contribution < -0.4 is 4.74 Å². The minimum atomic E-state index is -0.543. The zero-order valence-corrected chi connectivity index (χ0v) is 14.7. The van der Waals surface area contributed by atoms with Crippen molar-refractivity contribution < 1.29 is 9.84 Å². The molecule has 1 fully saturated rings. The molecule has 0 spiro atoms. The maximum absolute atomic E-state index is 10.2. The van der Waals surface area contributed by atoms with E-state index in [9.17, 15) is 5.11 Å². The van der Waals surface area contributed by atoms with E-state index in [1.54, 1.807) is 18.2 Å². The van der Waals surface area contributed by atoms with Gasteiger partial charge in [-0.05, 0) is 17.7 Å². The van der Waals surface area contributed by atoms with Gasteiger partial charge < -0.3 is 9.84 Å². The van der Waals surface area contributed by atoms with Crippen LogP contribution in [0.2, 0.25) is 10.0 Å². The third-order valence-corrected chi connectivity index (χ3v) is 4.56. The SMILES string of the molecule is Cl.OC1CN(Cc2ccccc2)CC1Oc1cccc(Cl)c1Cl. The van der Waals surface area contributed by atoms with Crippen LogP contribution in [0.4, 0.5) is 0 Å². The monoisotopic (exact) mass is 373 g/mol. The summed E-state index contributed by atoms with van der Waals surface area (Å²) in [7, 11) is 0. The average molecular weight is 375 g/mol. The smallest absolute Gasteiger partial charge is 0.140 e. The maximum atomic E-state index is 10.2. The number of likely N-dealkylation sites (tertiary alicyclic amines) is 1. The Morgan fingerprint density at radius 3 is 2.52 bits per heavy atom. The van der Waals surface area contributed by atoms with Crippen LogP contribution in [-0.4, -0.2) is 35.3 Å². The fourth-order valence-electron chi connectivity index (χ4n) is 2.66. The van der Waals surface area contributed by atoms with Crippen molar-refractivity contribution in [2.75, 3.05) is 13.1 Å². The van der Waals surface area contributed by atoms with Gasteiger partial charge in [-0.15, -0.1) is 12.4 Å². The molecule has 23 heavy (non-hydrogen) atoms. The zero-order valence-electron chi connectivity index (χ0n) is 12.4. The van der Waals surface area contributed by atoms with Crippen molar-refractivity contribution in [1.82, 2.24) is 4.90 Å². The van der Waals surface area contributed by atoms with Crippen molar-refractivity contribution in [3.05, 3.63) is 64.1 Å². The van der Waals surface area contributed by atoms with Crippen molar-refractivity contribution >= 4 is 35.6 Å². The summed E-state index contributed by atoms with van der Waals surface area (Å²) in [6, 6.07) is 15.4. The topological polar surface area (TPSA) is 32.7 Å². The van der Waals surface area contributed by atoms with Crippen LogP contribution in [0.25, 0.3) is 0 Å². The van der Waals surface area contributed by atoms with Gasteiger partial charge in [0.05, 0.1) is 5.02 Å². The second-order valence-corrected chi connectivity index (χ2v) is 6.24. The summed E-state index contributed by atoms with van der Waals surface area (Å²) in [5.41, 5.74) is 1.22. The van der Waals surface area contributed by atoms with Crippen LogP contribution in [-0.2, 0) is 6.54 Å². The Labute approximate surface area is 152 Å². The Bertz CT molecular complexity index is 639. The lowest BCUT2D eigenvalue weighted by Gasteiger charge is -2.18. The Balaban J connectivity index is 0.00000192. The number of hydrogen-bond acceptors (Lipinski definition) is 3. The van der Waals surface area contributed by atoms with Gasteiger partial charge in [0.2, 0.25) is 0 Å². The second kappa shape index (κ2) is 8.22. The molecule has 1 saturated heterocycles. The molecule has 3 rings (SSSR count). The molecule has 0 amide bonds. The highest BCUT2D eigenvalue weighted by Crippen LogP contribution is 2.33. The van der Waals surface area contributed by atoms with Gasteiger partial charge in [0.1, 0.15) is 23.0 Å². The van der Waals surface area contributed by atoms with Crippen LogP contribution in [0.3, 0.4) is 0 Å². The molecule has 0 saturated carbocycles. The van der Waals surface area contributed by atoms with Crippen molar-refractivity contribution in [2.45, 2.75) is 18.8 Å². The quantitative estimate of drug-likeness (QED) is 0.876. The van der Waals surface area contributed by atoms with Gasteiger partial charge in [-0.3, -0.25) is 4.90 Å². The predicted molar refractivity (Wildman–Crippen MR) is 95.9 cm³/mol. The molecular weight excluding hydrogens is 357 g/mol. The number of ether oxygens (including phenoxy) is 1. The van der Waals surface area contributed by atoms with Gasteiger partial charge in [-0.2, -0.15) is 0 Å². The molecule has 124 valence electrons. The largest absolute Gasteiger partial charge is 0.485 e. The molecule has 0 aromatic heterocycles. The molecule has 2 aromatic rings. The van der Waals surface area contributed by atoms with Gasteiger partial charge in [0, 0.05) is 19.6 Å². The van der Waals surface area contributed by atoms with E-state index in [1.807, 2.05) is 18.2 Å². The molecule has 1 aliphatic rings. The summed E-state index contributed by atoms with van der Waals surface area (Å²) in [6.45, 7) is 2.03. The molecule has 2 atom stereocenters. The van der Waals surface area contributed by atoms with Crippen molar-refractivity contribution in [3.63, 3.8) is 0 Å². The Hall–Kier alpha value is -0.970. The lowest BCUT2D eigenvalue weighted by Crippen LogP contribution is -2.30. The van der Waals surface area contributed by atoms with E-state index in [4.69, 9.17) is 27.9 Å². The van der Waals surface area contributed by atoms with E-state index in [-0.39, 0.29) is 18.5 Å². The molecule has 0 bridgehead atoms. The lowest BCUT2D eigenvalue weighted by atomic mass is 10.2. The highest BCUT2D eigenvalue weighted by molar-refractivity contribution is 6.42. The molecule has 1 aliphatic heterocycles. The van der Waals surface area contributed by atoms with Crippen molar-refractivity contribution in [1.29, 1.82) is 0 Å². The number of β-amino-alcohol motifs (C(OH)–C–C–N with tert-alkyl or cyclic N) is 1. The van der Waals surface area contributed by atoms with Crippen LogP contribution in [0.5, 0.6) is 5.75 Å². The number of aliphatic hydroxyl groups is 1. The molecule has 2 unspecified atom stereocenters. The Kier molecular flexibility index (Phi) is 6.57. The standard InChI is InChI=1S/C17H17Cl2NO2.ClH/c18-13-7-4-8-15(17(13)19)22-16-11-20(10-14(16)21)9-12-5-2-1-3-6-12;/h1-8,14,16,21H,9-11H2;1H. The summed E-state index contributed by atoms with van der Waals surface area (Å²) in [5, 5.41) is 11.1.